The van der Waals surface area contributed by atoms with E-state index in [-0.39, 0.29) is 22.3 Å². The van der Waals surface area contributed by atoms with Gasteiger partial charge in [0.25, 0.3) is 0 Å². The minimum atomic E-state index is -0.940. The van der Waals surface area contributed by atoms with Crippen molar-refractivity contribution in [2.24, 2.45) is 0 Å². The highest BCUT2D eigenvalue weighted by Crippen LogP contribution is 2.52. The first kappa shape index (κ1) is 34.6. The van der Waals surface area contributed by atoms with Gasteiger partial charge in [0.1, 0.15) is 23.0 Å². The molecule has 0 aliphatic rings. The van der Waals surface area contributed by atoms with E-state index >= 15 is 0 Å². The average Bonchev–Trinajstić information content (AvgIpc) is 1.53. The number of hydrogen-bond acceptors (Lipinski definition) is 6. The molecule has 0 unspecified atom stereocenters. The summed E-state index contributed by atoms with van der Waals surface area (Å²) in [5.74, 6) is -3.24. The second-order valence-corrected chi connectivity index (χ2v) is 23.8. The van der Waals surface area contributed by atoms with Crippen LogP contribution in [0.4, 0.5) is 0 Å². The Morgan fingerprint density at radius 1 is 0.217 bits per heavy atom. The van der Waals surface area contributed by atoms with Crippen LogP contribution >= 0.6 is 0 Å². The summed E-state index contributed by atoms with van der Waals surface area (Å²) in [6.45, 7) is 0. The van der Waals surface area contributed by atoms with Gasteiger partial charge in [0, 0.05) is 89.6 Å². The van der Waals surface area contributed by atoms with Gasteiger partial charge in [0.2, 0.25) is 0 Å². The fraction of sp³-hybridized carbons (Fsp3) is 0. The third-order valence-electron chi connectivity index (χ3n) is 17.8. The van der Waals surface area contributed by atoms with Crippen molar-refractivity contribution >= 4 is 65.2 Å². The van der Waals surface area contributed by atoms with Gasteiger partial charge in [-0.1, -0.05) is 345 Å². The molecule has 0 spiro atoms. The van der Waals surface area contributed by atoms with Crippen molar-refractivity contribution in [2.45, 2.75) is 0 Å². The van der Waals surface area contributed by atoms with E-state index in [1.54, 1.807) is 79.1 Å². The number of nitrogens with zero attached hydrogens (tertiary/aromatic N) is 4. The molecule has 0 atom stereocenters. The lowest BCUT2D eigenvalue weighted by Gasteiger charge is -2.14. The largest absolute Gasteiger partial charge is 0.455 e. The van der Waals surface area contributed by atoms with Crippen LogP contribution < -0.4 is 0 Å². The van der Waals surface area contributed by atoms with Gasteiger partial charge in [-0.2, -0.15) is 0 Å². The van der Waals surface area contributed by atoms with E-state index in [0.717, 1.165) is 21.5 Å². The summed E-state index contributed by atoms with van der Waals surface area (Å²) in [5, 5.41) is 5.65. The number of rotatable bonds is 12. The Balaban J connectivity index is 0.000000182. The van der Waals surface area contributed by atoms with Crippen molar-refractivity contribution in [1.29, 1.82) is 0 Å². The average molecular weight is 1390 g/mol. The molecule has 6 heterocycles. The highest BCUT2D eigenvalue weighted by atomic mass is 16.3. The quantitative estimate of drug-likeness (QED) is 0.113. The Kier molecular flexibility index (Phi) is 8.92. The van der Waals surface area contributed by atoms with Crippen LogP contribution in [-0.2, 0) is 0 Å². The van der Waals surface area contributed by atoms with E-state index < -0.39 is 319 Å². The molecular formula is C100H64N4O2. The number of aromatic nitrogens is 4. The molecule has 20 aromatic rings. The second-order valence-electron chi connectivity index (χ2n) is 23.8. The molecule has 0 N–H and O–H groups in total. The molecule has 14 aromatic carbocycles. The van der Waals surface area contributed by atoms with Crippen LogP contribution in [0.5, 0.6) is 0 Å². The number of hydrogen-bond donors (Lipinski definition) is 0. The number of furan rings is 2. The summed E-state index contributed by atoms with van der Waals surface area (Å²) in [6, 6.07) is 10.7. The van der Waals surface area contributed by atoms with Crippen LogP contribution in [0.3, 0.4) is 0 Å². The maximum absolute atomic E-state index is 10.1. The van der Waals surface area contributed by atoms with Crippen molar-refractivity contribution < 1.29 is 60.9 Å². The van der Waals surface area contributed by atoms with Crippen LogP contribution in [0, 0.1) is 0 Å². The normalized spacial score (nSPS) is 16.4. The van der Waals surface area contributed by atoms with Gasteiger partial charge in [-0.15, -0.1) is 0 Å². The van der Waals surface area contributed by atoms with Gasteiger partial charge >= 0.3 is 0 Å². The Hall–Kier alpha value is -14.2. The molecule has 6 heteroatoms. The van der Waals surface area contributed by atoms with Crippen LogP contribution in [0.1, 0.15) is 52.1 Å². The van der Waals surface area contributed by atoms with Gasteiger partial charge in [-0.05, 0) is 96.4 Å². The van der Waals surface area contributed by atoms with Gasteiger partial charge in [0.05, 0.1) is 85.5 Å². The number of benzene rings is 14. The van der Waals surface area contributed by atoms with E-state index in [4.69, 9.17) is 57.2 Å². The van der Waals surface area contributed by atoms with E-state index in [0.29, 0.717) is 66.1 Å². The molecular weight excluding hydrogens is 1290 g/mol. The van der Waals surface area contributed by atoms with Gasteiger partial charge in [-0.3, -0.25) is 9.97 Å². The maximum atomic E-state index is 10.1. The Morgan fingerprint density at radius 2 is 0.509 bits per heavy atom. The monoisotopic (exact) mass is 1390 g/mol. The first-order valence-corrected chi connectivity index (χ1v) is 32.7. The summed E-state index contributed by atoms with van der Waals surface area (Å²) in [4.78, 5) is 19.2. The van der Waals surface area contributed by atoms with Crippen molar-refractivity contribution in [1.82, 2.24) is 19.9 Å². The maximum Gasteiger partial charge on any atom is 0.143 e. The lowest BCUT2D eigenvalue weighted by Crippen LogP contribution is -1.91. The number of fused-ring (bicyclic) bond motifs is 8. The zero-order valence-electron chi connectivity index (χ0n) is 92.6. The van der Waals surface area contributed by atoms with Crippen molar-refractivity contribution in [3.63, 3.8) is 0 Å². The molecule has 6 aromatic heterocycles. The minimum absolute atomic E-state index is 0.189. The molecule has 0 saturated carbocycles. The predicted octanol–water partition coefficient (Wildman–Crippen LogP) is 27.1. The van der Waals surface area contributed by atoms with Crippen LogP contribution in [-0.4, -0.2) is 19.9 Å². The van der Waals surface area contributed by atoms with Crippen molar-refractivity contribution in [3.8, 4) is 135 Å². The van der Waals surface area contributed by atoms with Crippen LogP contribution in [0.25, 0.3) is 200 Å². The lowest BCUT2D eigenvalue weighted by molar-refractivity contribution is 0.598. The molecule has 0 fully saturated rings. The van der Waals surface area contributed by atoms with Crippen LogP contribution in [0.2, 0.25) is 0 Å². The zero-order chi connectivity index (χ0) is 103. The van der Waals surface area contributed by atoms with Gasteiger partial charge < -0.3 is 8.83 Å². The van der Waals surface area contributed by atoms with Gasteiger partial charge in [0.15, 0.2) is 0 Å². The highest BCUT2D eigenvalue weighted by Gasteiger charge is 2.28. The summed E-state index contributed by atoms with van der Waals surface area (Å²) in [7, 11) is 0. The third kappa shape index (κ3) is 11.5. The standard InChI is InChI=1S/2C50H32N2O/c1-4-14-33(15-5-1)45-46(50(37-18-8-3-9-19-37)53-49(45)36-16-6-2-7-17-36)39-21-12-20-38(32-39)40-28-29-43(42-24-11-10-23-41(40)42)44-30-27-35-26-25-34-22-13-31-51-47(34)48(35)52-44;1-4-13-34(14-5-1)45-46(35-15-6-2-7-16-35)50(53-49(45)38-17-8-3-9-18-38)39-26-22-33(23-27-39)40-29-30-43(42-21-11-10-20-41(40)42)44-31-28-37-25-24-36-19-12-32-51-47(36)48(37)52-44/h2*1-32H/i1D,2D,3D,4D,5D,6D,7D,8D,9D,12D,14D,15D,16D,17D,18D,19D,20D,21D,32D;1D,2D,3D,4D,5D,6D,7D,8D,9D,13D,14D,15D,16D,17D,18D,22D,23D,26D,27D. The lowest BCUT2D eigenvalue weighted by atomic mass is 9.89. The Labute approximate surface area is 666 Å². The van der Waals surface area contributed by atoms with E-state index in [1.807, 2.05) is 78.9 Å². The Bertz CT molecular complexity index is 8960. The summed E-state index contributed by atoms with van der Waals surface area (Å²) >= 11 is 0. The molecule has 0 saturated heterocycles. The first-order valence-electron chi connectivity index (χ1n) is 51.7. The first-order chi connectivity index (χ1) is 68.4. The van der Waals surface area contributed by atoms with E-state index in [9.17, 15) is 13.7 Å². The molecule has 20 rings (SSSR count). The fourth-order valence-corrected chi connectivity index (χ4v) is 13.1. The number of pyridine rings is 4. The fourth-order valence-electron chi connectivity index (χ4n) is 13.1. The molecule has 0 bridgehead atoms. The van der Waals surface area contributed by atoms with E-state index in [1.165, 1.54) is 0 Å². The van der Waals surface area contributed by atoms with Crippen molar-refractivity contribution in [3.05, 3.63) is 388 Å². The summed E-state index contributed by atoms with van der Waals surface area (Å²) in [6.07, 6.45) is 3.36. The molecule has 0 aliphatic heterocycles. The molecule has 6 nitrogen and oxygen atoms in total. The van der Waals surface area contributed by atoms with Gasteiger partial charge in [-0.25, -0.2) is 9.97 Å². The molecule has 496 valence electrons. The highest BCUT2D eigenvalue weighted by molar-refractivity contribution is 6.11. The SMILES string of the molecule is [2H]c1c([2H])c([2H])c(-c2oc(-c3c([2H])c([2H])c(-c4ccc(-c5ccc6ccc7cccnc7c6n5)c5ccccc45)c([2H])c3[2H])c(-c3c([2H])c([2H])c([2H])c([2H])c3[2H])c2-c2c([2H])c([2H])c([2H])c([2H])c2[2H])c([2H])c1[2H].[2H]c1c([2H])c([2H])c(-c2oc(-c3c([2H])c([2H])c([2H])c([2H])c3[2H])c(-c3c([2H])c([2H])c([2H])c(-c4ccc(-c5ccc6ccc7cccnc7c6n5)c5ccccc45)c3[2H])c2-c2c([2H])c([2H])c([2H])c([2H])c2[2H])c([2H])c1[2H]. The Morgan fingerprint density at radius 3 is 0.906 bits per heavy atom. The summed E-state index contributed by atoms with van der Waals surface area (Å²) in [5.41, 5.74) is -3.52. The third-order valence-corrected chi connectivity index (χ3v) is 17.8. The topological polar surface area (TPSA) is 77.8 Å². The predicted molar refractivity (Wildman–Crippen MR) is 439 cm³/mol. The molecule has 0 amide bonds. The molecule has 0 radical (unpaired) electrons. The van der Waals surface area contributed by atoms with Crippen LogP contribution in [0.15, 0.2) is 396 Å². The second kappa shape index (κ2) is 27.3. The smallest absolute Gasteiger partial charge is 0.143 e. The summed E-state index contributed by atoms with van der Waals surface area (Å²) < 4.78 is 352. The van der Waals surface area contributed by atoms with E-state index in [2.05, 4.69) is 9.97 Å². The minimum Gasteiger partial charge on any atom is -0.455 e. The molecule has 0 aliphatic carbocycles. The zero-order valence-corrected chi connectivity index (χ0v) is 54.6. The van der Waals surface area contributed by atoms with Crippen molar-refractivity contribution in [2.75, 3.05) is 0 Å². The molecule has 106 heavy (non-hydrogen) atoms.